The van der Waals surface area contributed by atoms with Crippen LogP contribution in [0.1, 0.15) is 51.9 Å². The van der Waals surface area contributed by atoms with E-state index < -0.39 is 0 Å². The van der Waals surface area contributed by atoms with E-state index in [9.17, 15) is 4.79 Å². The lowest BCUT2D eigenvalue weighted by atomic mass is 10.0. The molecular formula is C11H20ClN3O. The van der Waals surface area contributed by atoms with Crippen LogP contribution in [0.3, 0.4) is 0 Å². The van der Waals surface area contributed by atoms with Crippen molar-refractivity contribution in [1.29, 1.82) is 0 Å². The maximum absolute atomic E-state index is 11.3. The molecule has 0 N–H and O–H groups in total. The van der Waals surface area contributed by atoms with Gasteiger partial charge in [-0.3, -0.25) is 4.79 Å². The number of nitrogens with zero attached hydrogens (tertiary/aromatic N) is 3. The summed E-state index contributed by atoms with van der Waals surface area (Å²) in [5.74, 6) is 0.899. The summed E-state index contributed by atoms with van der Waals surface area (Å²) in [6, 6.07) is -0.0472. The molecule has 0 saturated heterocycles. The number of hydrogen-bond donors (Lipinski definition) is 0. The lowest BCUT2D eigenvalue weighted by molar-refractivity contribution is -0.119. The zero-order valence-corrected chi connectivity index (χ0v) is 10.6. The highest BCUT2D eigenvalue weighted by Crippen LogP contribution is 2.13. The molecule has 0 heterocycles. The lowest BCUT2D eigenvalue weighted by Gasteiger charge is -2.09. The van der Waals surface area contributed by atoms with Gasteiger partial charge in [-0.2, -0.15) is 0 Å². The molecule has 0 aromatic rings. The van der Waals surface area contributed by atoms with Crippen molar-refractivity contribution in [3.05, 3.63) is 10.4 Å². The second-order valence-corrected chi connectivity index (χ2v) is 4.25. The van der Waals surface area contributed by atoms with E-state index >= 15 is 0 Å². The number of halogens is 1. The second kappa shape index (κ2) is 10.8. The molecule has 0 aromatic heterocycles. The molecule has 5 heteroatoms. The molecule has 92 valence electrons. The molecule has 0 rings (SSSR count). The second-order valence-electron chi connectivity index (χ2n) is 3.87. The van der Waals surface area contributed by atoms with Gasteiger partial charge in [-0.15, -0.1) is 11.6 Å². The molecule has 0 aliphatic heterocycles. The zero-order chi connectivity index (χ0) is 12.2. The average Bonchev–Trinajstić information content (AvgIpc) is 2.26. The Morgan fingerprint density at radius 3 is 2.69 bits per heavy atom. The Bertz CT molecular complexity index is 239. The fourth-order valence-corrected chi connectivity index (χ4v) is 1.73. The molecule has 4 nitrogen and oxygen atoms in total. The average molecular weight is 246 g/mol. The van der Waals surface area contributed by atoms with Crippen LogP contribution in [0.5, 0.6) is 0 Å². The highest BCUT2D eigenvalue weighted by atomic mass is 35.5. The first-order valence-corrected chi connectivity index (χ1v) is 6.39. The number of unbranched alkanes of at least 4 members (excludes halogenated alkanes) is 1. The molecule has 1 atom stereocenters. The van der Waals surface area contributed by atoms with Crippen LogP contribution in [0.25, 0.3) is 10.4 Å². The van der Waals surface area contributed by atoms with Crippen molar-refractivity contribution < 1.29 is 4.79 Å². The van der Waals surface area contributed by atoms with Crippen molar-refractivity contribution in [3.63, 3.8) is 0 Å². The van der Waals surface area contributed by atoms with E-state index in [-0.39, 0.29) is 11.8 Å². The summed E-state index contributed by atoms with van der Waals surface area (Å²) in [6.45, 7) is 1.99. The number of hydrogen-bond acceptors (Lipinski definition) is 2. The van der Waals surface area contributed by atoms with E-state index in [1.807, 2.05) is 6.92 Å². The highest BCUT2D eigenvalue weighted by Gasteiger charge is 2.09. The summed E-state index contributed by atoms with van der Waals surface area (Å²) in [5.41, 5.74) is 8.41. The Balaban J connectivity index is 3.84. The number of ketones is 1. The molecule has 1 unspecified atom stereocenters. The van der Waals surface area contributed by atoms with E-state index in [0.29, 0.717) is 25.1 Å². The molecule has 0 radical (unpaired) electrons. The summed E-state index contributed by atoms with van der Waals surface area (Å²) in [7, 11) is 0. The number of alkyl halides is 1. The molecule has 0 aliphatic rings. The molecule has 0 aliphatic carbocycles. The Morgan fingerprint density at radius 2 is 2.12 bits per heavy atom. The largest absolute Gasteiger partial charge is 0.300 e. The van der Waals surface area contributed by atoms with Crippen molar-refractivity contribution in [1.82, 2.24) is 0 Å². The minimum atomic E-state index is -0.0472. The van der Waals surface area contributed by atoms with Crippen molar-refractivity contribution in [2.24, 2.45) is 5.11 Å². The molecule has 0 fully saturated rings. The van der Waals surface area contributed by atoms with Crippen molar-refractivity contribution in [3.8, 4) is 0 Å². The first kappa shape index (κ1) is 15.3. The molecule has 0 spiro atoms. The van der Waals surface area contributed by atoms with Gasteiger partial charge in [0.25, 0.3) is 0 Å². The molecule has 0 aromatic carbocycles. The molecular weight excluding hydrogens is 226 g/mol. The third kappa shape index (κ3) is 8.57. The highest BCUT2D eigenvalue weighted by molar-refractivity contribution is 6.17. The normalized spacial score (nSPS) is 11.9. The first-order valence-electron chi connectivity index (χ1n) is 5.86. The van der Waals surface area contributed by atoms with Gasteiger partial charge in [0, 0.05) is 29.7 Å². The zero-order valence-electron chi connectivity index (χ0n) is 9.86. The van der Waals surface area contributed by atoms with Crippen molar-refractivity contribution in [2.75, 3.05) is 5.88 Å². The third-order valence-corrected chi connectivity index (χ3v) is 2.69. The maximum Gasteiger partial charge on any atom is 0.132 e. The van der Waals surface area contributed by atoms with Gasteiger partial charge >= 0.3 is 0 Å². The lowest BCUT2D eigenvalue weighted by Crippen LogP contribution is -2.07. The van der Waals surface area contributed by atoms with Gasteiger partial charge in [0.1, 0.15) is 5.78 Å². The SMILES string of the molecule is CCCC(=O)CCC(CCCCCl)N=[N+]=[N-]. The number of carbonyl (C=O) groups is 1. The summed E-state index contributed by atoms with van der Waals surface area (Å²) < 4.78 is 0. The quantitative estimate of drug-likeness (QED) is 0.187. The minimum absolute atomic E-state index is 0.0472. The van der Waals surface area contributed by atoms with Crippen molar-refractivity contribution >= 4 is 17.4 Å². The van der Waals surface area contributed by atoms with E-state index in [4.69, 9.17) is 17.1 Å². The van der Waals surface area contributed by atoms with Gasteiger partial charge < -0.3 is 0 Å². The third-order valence-electron chi connectivity index (χ3n) is 2.42. The smallest absolute Gasteiger partial charge is 0.132 e. The summed E-state index contributed by atoms with van der Waals surface area (Å²) >= 11 is 5.57. The van der Waals surface area contributed by atoms with Crippen LogP contribution in [0.2, 0.25) is 0 Å². The molecule has 0 amide bonds. The van der Waals surface area contributed by atoms with Crippen LogP contribution >= 0.6 is 11.6 Å². The van der Waals surface area contributed by atoms with Crippen LogP contribution in [0.15, 0.2) is 5.11 Å². The fraction of sp³-hybridized carbons (Fsp3) is 0.909. The fourth-order valence-electron chi connectivity index (χ4n) is 1.54. The van der Waals surface area contributed by atoms with Crippen molar-refractivity contribution in [2.45, 2.75) is 57.9 Å². The standard InChI is InChI=1S/C11H20ClN3O/c1-2-5-11(16)8-7-10(14-15-13)6-3-4-9-12/h10H,2-9H2,1H3. The van der Waals surface area contributed by atoms with E-state index in [2.05, 4.69) is 10.0 Å². The van der Waals surface area contributed by atoms with Gasteiger partial charge in [0.05, 0.1) is 0 Å². The number of carbonyl (C=O) groups excluding carboxylic acids is 1. The summed E-state index contributed by atoms with van der Waals surface area (Å²) in [5, 5.41) is 3.71. The van der Waals surface area contributed by atoms with Gasteiger partial charge in [-0.25, -0.2) is 0 Å². The Kier molecular flexibility index (Phi) is 10.3. The number of Topliss-reactive ketones (excluding diaryl/α,β-unsaturated/α-hetero) is 1. The van der Waals surface area contributed by atoms with E-state index in [1.54, 1.807) is 0 Å². The summed E-state index contributed by atoms with van der Waals surface area (Å²) in [6.07, 6.45) is 5.43. The maximum atomic E-state index is 11.3. The van der Waals surface area contributed by atoms with Crippen LogP contribution in [-0.4, -0.2) is 17.7 Å². The predicted octanol–water partition coefficient (Wildman–Crippen LogP) is 4.22. The Labute approximate surface area is 102 Å². The van der Waals surface area contributed by atoms with Gasteiger partial charge in [0.2, 0.25) is 0 Å². The monoisotopic (exact) mass is 245 g/mol. The van der Waals surface area contributed by atoms with Gasteiger partial charge in [0.15, 0.2) is 0 Å². The number of rotatable bonds is 10. The molecule has 16 heavy (non-hydrogen) atoms. The van der Waals surface area contributed by atoms with E-state index in [0.717, 1.165) is 25.7 Å². The van der Waals surface area contributed by atoms with Gasteiger partial charge in [-0.1, -0.05) is 18.5 Å². The predicted molar refractivity (Wildman–Crippen MR) is 66.7 cm³/mol. The van der Waals surface area contributed by atoms with Crippen LogP contribution in [0, 0.1) is 0 Å². The van der Waals surface area contributed by atoms with Crippen LogP contribution in [0.4, 0.5) is 0 Å². The summed E-state index contributed by atoms with van der Waals surface area (Å²) in [4.78, 5) is 14.1. The van der Waals surface area contributed by atoms with Gasteiger partial charge in [-0.05, 0) is 31.2 Å². The van der Waals surface area contributed by atoms with Crippen LogP contribution in [-0.2, 0) is 4.79 Å². The first-order chi connectivity index (χ1) is 7.74. The minimum Gasteiger partial charge on any atom is -0.300 e. The number of azide groups is 1. The van der Waals surface area contributed by atoms with E-state index in [1.165, 1.54) is 0 Å². The molecule has 0 saturated carbocycles. The Morgan fingerprint density at radius 1 is 1.38 bits per heavy atom. The van der Waals surface area contributed by atoms with Crippen LogP contribution < -0.4 is 0 Å². The molecule has 0 bridgehead atoms. The topological polar surface area (TPSA) is 65.8 Å². The Hall–Kier alpha value is -0.730.